The largest absolute Gasteiger partial charge is 0.370 e. The van der Waals surface area contributed by atoms with Gasteiger partial charge in [0.1, 0.15) is 11.8 Å². The molecule has 2 aromatic rings. The van der Waals surface area contributed by atoms with E-state index in [9.17, 15) is 4.79 Å². The van der Waals surface area contributed by atoms with Crippen molar-refractivity contribution < 1.29 is 9.53 Å². The third-order valence-corrected chi connectivity index (χ3v) is 4.30. The molecule has 2 atom stereocenters. The van der Waals surface area contributed by atoms with Crippen LogP contribution in [0.1, 0.15) is 40.2 Å². The number of aromatic amines is 1. The lowest BCUT2D eigenvalue weighted by atomic mass is 9.98. The maximum absolute atomic E-state index is 12.6. The van der Waals surface area contributed by atoms with Crippen molar-refractivity contribution in [3.63, 3.8) is 0 Å². The minimum atomic E-state index is -0.0602. The van der Waals surface area contributed by atoms with E-state index < -0.39 is 0 Å². The number of carbonyl (C=O) groups excluding carboxylic acids is 1. The fraction of sp³-hybridized carbons (Fsp3) is 0.389. The Labute approximate surface area is 131 Å². The third kappa shape index (κ3) is 2.79. The molecule has 4 nitrogen and oxygen atoms in total. The molecule has 1 aromatic carbocycles. The molecule has 1 saturated heterocycles. The molecule has 1 aromatic heterocycles. The van der Waals surface area contributed by atoms with E-state index in [0.29, 0.717) is 18.8 Å². The Morgan fingerprint density at radius 2 is 2.14 bits per heavy atom. The number of benzene rings is 1. The summed E-state index contributed by atoms with van der Waals surface area (Å²) in [6.45, 7) is 7.34. The maximum Gasteiger partial charge on any atom is 0.270 e. The highest BCUT2D eigenvalue weighted by Crippen LogP contribution is 2.28. The normalized spacial score (nSPS) is 21.9. The fourth-order valence-corrected chi connectivity index (χ4v) is 2.95. The van der Waals surface area contributed by atoms with Gasteiger partial charge >= 0.3 is 0 Å². The molecule has 116 valence electrons. The molecular formula is C18H22N2O2. The molecule has 0 unspecified atom stereocenters. The van der Waals surface area contributed by atoms with Crippen molar-refractivity contribution in [2.24, 2.45) is 0 Å². The SMILES string of the molecule is Cc1ccc(C)c([C@@H]2CN(C(=O)c3ccc[nH]3)[C@@H](C)CO2)c1. The van der Waals surface area contributed by atoms with Crippen molar-refractivity contribution in [1.29, 1.82) is 0 Å². The average molecular weight is 298 g/mol. The van der Waals surface area contributed by atoms with Crippen LogP contribution >= 0.6 is 0 Å². The zero-order chi connectivity index (χ0) is 15.7. The van der Waals surface area contributed by atoms with E-state index in [4.69, 9.17) is 4.74 Å². The lowest BCUT2D eigenvalue weighted by Crippen LogP contribution is -2.48. The first kappa shape index (κ1) is 14.9. The number of rotatable bonds is 2. The number of hydrogen-bond donors (Lipinski definition) is 1. The molecule has 0 radical (unpaired) electrons. The van der Waals surface area contributed by atoms with Crippen LogP contribution in [0.5, 0.6) is 0 Å². The maximum atomic E-state index is 12.6. The van der Waals surface area contributed by atoms with Crippen LogP contribution in [0.2, 0.25) is 0 Å². The van der Waals surface area contributed by atoms with Gasteiger partial charge in [-0.1, -0.05) is 23.8 Å². The smallest absolute Gasteiger partial charge is 0.270 e. The van der Waals surface area contributed by atoms with Gasteiger partial charge in [0.2, 0.25) is 0 Å². The number of amides is 1. The summed E-state index contributed by atoms with van der Waals surface area (Å²) >= 11 is 0. The van der Waals surface area contributed by atoms with Crippen molar-refractivity contribution in [3.05, 3.63) is 58.9 Å². The standard InChI is InChI=1S/C18H22N2O2/c1-12-6-7-13(2)15(9-12)17-10-20(14(3)11-22-17)18(21)16-5-4-8-19-16/h4-9,14,17,19H,10-11H2,1-3H3/t14-,17-/m0/s1. The highest BCUT2D eigenvalue weighted by molar-refractivity contribution is 5.92. The average Bonchev–Trinajstić information content (AvgIpc) is 3.04. The Hall–Kier alpha value is -2.07. The minimum absolute atomic E-state index is 0.0381. The lowest BCUT2D eigenvalue weighted by Gasteiger charge is -2.38. The van der Waals surface area contributed by atoms with Gasteiger partial charge < -0.3 is 14.6 Å². The number of aryl methyl sites for hydroxylation is 2. The second kappa shape index (κ2) is 5.97. The van der Waals surface area contributed by atoms with Gasteiger partial charge in [0, 0.05) is 6.20 Å². The Kier molecular flexibility index (Phi) is 4.03. The van der Waals surface area contributed by atoms with Gasteiger partial charge in [-0.25, -0.2) is 0 Å². The molecule has 3 rings (SSSR count). The zero-order valence-corrected chi connectivity index (χ0v) is 13.3. The zero-order valence-electron chi connectivity index (χ0n) is 13.3. The van der Waals surface area contributed by atoms with Crippen LogP contribution in [0.15, 0.2) is 36.5 Å². The van der Waals surface area contributed by atoms with Crippen LogP contribution < -0.4 is 0 Å². The van der Waals surface area contributed by atoms with Gasteiger partial charge in [-0.2, -0.15) is 0 Å². The van der Waals surface area contributed by atoms with E-state index in [1.165, 1.54) is 16.7 Å². The van der Waals surface area contributed by atoms with Crippen LogP contribution in [-0.4, -0.2) is 35.0 Å². The Morgan fingerprint density at radius 1 is 1.32 bits per heavy atom. The van der Waals surface area contributed by atoms with E-state index >= 15 is 0 Å². The fourth-order valence-electron chi connectivity index (χ4n) is 2.95. The summed E-state index contributed by atoms with van der Waals surface area (Å²) in [5.41, 5.74) is 4.23. The molecule has 0 aliphatic carbocycles. The number of nitrogens with one attached hydrogen (secondary N) is 1. The van der Waals surface area contributed by atoms with Crippen LogP contribution in [-0.2, 0) is 4.74 Å². The third-order valence-electron chi connectivity index (χ3n) is 4.30. The van der Waals surface area contributed by atoms with E-state index in [-0.39, 0.29) is 18.1 Å². The van der Waals surface area contributed by atoms with E-state index in [1.807, 2.05) is 24.0 Å². The summed E-state index contributed by atoms with van der Waals surface area (Å²) in [4.78, 5) is 17.5. The van der Waals surface area contributed by atoms with Gasteiger partial charge in [-0.05, 0) is 44.0 Å². The summed E-state index contributed by atoms with van der Waals surface area (Å²) in [6, 6.07) is 10.1. The molecule has 0 bridgehead atoms. The number of nitrogens with zero attached hydrogens (tertiary/aromatic N) is 1. The van der Waals surface area contributed by atoms with Crippen molar-refractivity contribution in [2.75, 3.05) is 13.2 Å². The monoisotopic (exact) mass is 298 g/mol. The molecule has 0 spiro atoms. The van der Waals surface area contributed by atoms with Gasteiger partial charge in [0.15, 0.2) is 0 Å². The number of morpholine rings is 1. The number of H-pyrrole nitrogens is 1. The molecule has 1 N–H and O–H groups in total. The molecule has 1 amide bonds. The van der Waals surface area contributed by atoms with Crippen molar-refractivity contribution >= 4 is 5.91 Å². The lowest BCUT2D eigenvalue weighted by molar-refractivity contribution is -0.0490. The van der Waals surface area contributed by atoms with Crippen LogP contribution in [0.25, 0.3) is 0 Å². The molecule has 1 fully saturated rings. The summed E-state index contributed by atoms with van der Waals surface area (Å²) in [5, 5.41) is 0. The first-order valence-corrected chi connectivity index (χ1v) is 7.69. The van der Waals surface area contributed by atoms with Gasteiger partial charge in [-0.15, -0.1) is 0 Å². The first-order chi connectivity index (χ1) is 10.6. The van der Waals surface area contributed by atoms with Gasteiger partial charge in [0.05, 0.1) is 19.2 Å². The molecule has 1 aliphatic rings. The summed E-state index contributed by atoms with van der Waals surface area (Å²) in [5.74, 6) is 0.0381. The topological polar surface area (TPSA) is 45.3 Å². The highest BCUT2D eigenvalue weighted by Gasteiger charge is 2.32. The summed E-state index contributed by atoms with van der Waals surface area (Å²) in [6.07, 6.45) is 1.72. The minimum Gasteiger partial charge on any atom is -0.370 e. The predicted molar refractivity (Wildman–Crippen MR) is 85.9 cm³/mol. The first-order valence-electron chi connectivity index (χ1n) is 7.69. The Bertz CT molecular complexity index is 664. The summed E-state index contributed by atoms with van der Waals surface area (Å²) < 4.78 is 6.01. The molecule has 1 aliphatic heterocycles. The van der Waals surface area contributed by atoms with E-state index in [1.54, 1.807) is 6.20 Å². The van der Waals surface area contributed by atoms with Crippen LogP contribution in [0.3, 0.4) is 0 Å². The van der Waals surface area contributed by atoms with Gasteiger partial charge in [0.25, 0.3) is 5.91 Å². The van der Waals surface area contributed by atoms with Crippen molar-refractivity contribution in [3.8, 4) is 0 Å². The second-order valence-corrected chi connectivity index (χ2v) is 6.07. The number of ether oxygens (including phenoxy) is 1. The molecule has 2 heterocycles. The van der Waals surface area contributed by atoms with Crippen molar-refractivity contribution in [2.45, 2.75) is 32.9 Å². The summed E-state index contributed by atoms with van der Waals surface area (Å²) in [7, 11) is 0. The van der Waals surface area contributed by atoms with E-state index in [0.717, 1.165) is 0 Å². The number of hydrogen-bond acceptors (Lipinski definition) is 2. The van der Waals surface area contributed by atoms with Gasteiger partial charge in [-0.3, -0.25) is 4.79 Å². The molecule has 4 heteroatoms. The number of aromatic nitrogens is 1. The van der Waals surface area contributed by atoms with E-state index in [2.05, 4.69) is 37.0 Å². The Morgan fingerprint density at radius 3 is 2.86 bits per heavy atom. The predicted octanol–water partition coefficient (Wildman–Crippen LogP) is 3.23. The van der Waals surface area contributed by atoms with Crippen LogP contribution in [0, 0.1) is 13.8 Å². The Balaban J connectivity index is 1.84. The highest BCUT2D eigenvalue weighted by atomic mass is 16.5. The van der Waals surface area contributed by atoms with Crippen LogP contribution in [0.4, 0.5) is 0 Å². The molecular weight excluding hydrogens is 276 g/mol. The second-order valence-electron chi connectivity index (χ2n) is 6.07. The molecule has 0 saturated carbocycles. The molecule has 22 heavy (non-hydrogen) atoms. The quantitative estimate of drug-likeness (QED) is 0.925. The van der Waals surface area contributed by atoms with Crippen molar-refractivity contribution in [1.82, 2.24) is 9.88 Å². The number of carbonyl (C=O) groups is 1.